The van der Waals surface area contributed by atoms with E-state index in [1.165, 1.54) is 0 Å². The first kappa shape index (κ1) is 19.0. The minimum absolute atomic E-state index is 0.589. The summed E-state index contributed by atoms with van der Waals surface area (Å²) in [4.78, 5) is 4.52. The number of nitriles is 1. The van der Waals surface area contributed by atoms with Crippen LogP contribution in [0.25, 0.3) is 55.4 Å². The highest BCUT2D eigenvalue weighted by molar-refractivity contribution is 6.13. The van der Waals surface area contributed by atoms with Gasteiger partial charge in [0.05, 0.1) is 17.3 Å². The number of nitrogens with zero attached hydrogens (tertiary/aromatic N) is 2. The van der Waals surface area contributed by atoms with E-state index in [4.69, 9.17) is 4.42 Å². The van der Waals surface area contributed by atoms with E-state index in [0.29, 0.717) is 5.56 Å². The Kier molecular flexibility index (Phi) is 4.49. The van der Waals surface area contributed by atoms with E-state index in [0.717, 1.165) is 55.4 Å². The number of hydrogen-bond donors (Lipinski definition) is 0. The second kappa shape index (κ2) is 7.78. The average molecular weight is 422 g/mol. The van der Waals surface area contributed by atoms with E-state index in [1.54, 1.807) is 6.20 Å². The van der Waals surface area contributed by atoms with Crippen LogP contribution in [0, 0.1) is 11.3 Å². The Hall–Kier alpha value is -4.68. The lowest BCUT2D eigenvalue weighted by Gasteiger charge is -2.08. The van der Waals surface area contributed by atoms with Crippen LogP contribution in [0.5, 0.6) is 0 Å². The van der Waals surface area contributed by atoms with Crippen molar-refractivity contribution in [1.29, 1.82) is 5.26 Å². The molecule has 33 heavy (non-hydrogen) atoms. The molecule has 3 nitrogen and oxygen atoms in total. The lowest BCUT2D eigenvalue weighted by Crippen LogP contribution is -1.87. The molecule has 2 heterocycles. The fourth-order valence-corrected chi connectivity index (χ4v) is 4.45. The van der Waals surface area contributed by atoms with Crippen molar-refractivity contribution in [3.05, 3.63) is 115 Å². The summed E-state index contributed by atoms with van der Waals surface area (Å²) in [5, 5.41) is 11.9. The van der Waals surface area contributed by atoms with E-state index in [9.17, 15) is 5.26 Å². The summed E-state index contributed by atoms with van der Waals surface area (Å²) in [6.07, 6.45) is 1.78. The summed E-state index contributed by atoms with van der Waals surface area (Å²) in [5.74, 6) is 0. The third-order valence-electron chi connectivity index (χ3n) is 5.99. The lowest BCUT2D eigenvalue weighted by atomic mass is 9.94. The van der Waals surface area contributed by atoms with Gasteiger partial charge in [0.1, 0.15) is 11.2 Å². The summed E-state index contributed by atoms with van der Waals surface area (Å²) in [5.41, 5.74) is 7.88. The molecule has 0 saturated heterocycles. The number of aromatic nitrogens is 1. The first-order valence-electron chi connectivity index (χ1n) is 10.8. The molecule has 0 aliphatic heterocycles. The van der Waals surface area contributed by atoms with Gasteiger partial charge in [0.2, 0.25) is 0 Å². The molecule has 154 valence electrons. The van der Waals surface area contributed by atoms with Gasteiger partial charge >= 0.3 is 0 Å². The molecule has 0 N–H and O–H groups in total. The van der Waals surface area contributed by atoms with Crippen molar-refractivity contribution >= 4 is 21.9 Å². The Bertz CT molecular complexity index is 1660. The number of benzene rings is 4. The maximum atomic E-state index is 9.93. The van der Waals surface area contributed by atoms with Gasteiger partial charge in [0.15, 0.2) is 0 Å². The Balaban J connectivity index is 1.64. The van der Waals surface area contributed by atoms with Crippen LogP contribution in [0.15, 0.2) is 114 Å². The Morgan fingerprint density at radius 1 is 0.636 bits per heavy atom. The van der Waals surface area contributed by atoms with Crippen molar-refractivity contribution < 1.29 is 4.42 Å². The summed E-state index contributed by atoms with van der Waals surface area (Å²) in [6, 6.07) is 36.7. The monoisotopic (exact) mass is 422 g/mol. The minimum Gasteiger partial charge on any atom is -0.455 e. The fourth-order valence-electron chi connectivity index (χ4n) is 4.45. The van der Waals surface area contributed by atoms with Gasteiger partial charge in [-0.2, -0.15) is 5.26 Å². The van der Waals surface area contributed by atoms with Gasteiger partial charge in [-0.3, -0.25) is 4.98 Å². The average Bonchev–Trinajstić information content (AvgIpc) is 3.28. The van der Waals surface area contributed by atoms with Crippen molar-refractivity contribution in [2.24, 2.45) is 0 Å². The quantitative estimate of drug-likeness (QED) is 0.292. The van der Waals surface area contributed by atoms with Crippen LogP contribution >= 0.6 is 0 Å². The minimum atomic E-state index is 0.589. The van der Waals surface area contributed by atoms with Gasteiger partial charge in [-0.1, -0.05) is 66.7 Å². The molecule has 0 radical (unpaired) electrons. The number of para-hydroxylation sites is 1. The van der Waals surface area contributed by atoms with Crippen LogP contribution in [0.1, 0.15) is 5.56 Å². The molecule has 0 amide bonds. The Morgan fingerprint density at radius 3 is 2.21 bits per heavy atom. The van der Waals surface area contributed by atoms with E-state index < -0.39 is 0 Å². The number of pyridine rings is 1. The van der Waals surface area contributed by atoms with Gasteiger partial charge in [-0.15, -0.1) is 0 Å². The lowest BCUT2D eigenvalue weighted by molar-refractivity contribution is 0.670. The molecule has 4 aromatic carbocycles. The fraction of sp³-hybridized carbons (Fsp3) is 0. The zero-order valence-corrected chi connectivity index (χ0v) is 17.7. The van der Waals surface area contributed by atoms with Crippen LogP contribution in [-0.4, -0.2) is 4.98 Å². The van der Waals surface area contributed by atoms with Crippen molar-refractivity contribution in [3.8, 4) is 39.6 Å². The van der Waals surface area contributed by atoms with Gasteiger partial charge < -0.3 is 4.42 Å². The molecule has 0 unspecified atom stereocenters. The molecule has 0 saturated carbocycles. The van der Waals surface area contributed by atoms with E-state index in [2.05, 4.69) is 41.4 Å². The van der Waals surface area contributed by atoms with Crippen LogP contribution in [0.2, 0.25) is 0 Å². The number of rotatable bonds is 3. The van der Waals surface area contributed by atoms with E-state index >= 15 is 0 Å². The molecule has 0 aliphatic rings. The van der Waals surface area contributed by atoms with E-state index in [-0.39, 0.29) is 0 Å². The summed E-state index contributed by atoms with van der Waals surface area (Å²) in [7, 11) is 0. The van der Waals surface area contributed by atoms with E-state index in [1.807, 2.05) is 72.8 Å². The van der Waals surface area contributed by atoms with Crippen molar-refractivity contribution in [2.75, 3.05) is 0 Å². The molecule has 0 atom stereocenters. The highest BCUT2D eigenvalue weighted by Crippen LogP contribution is 2.41. The molecule has 3 heteroatoms. The van der Waals surface area contributed by atoms with Gasteiger partial charge in [0.25, 0.3) is 0 Å². The van der Waals surface area contributed by atoms with Gasteiger partial charge in [0, 0.05) is 28.1 Å². The third-order valence-corrected chi connectivity index (χ3v) is 5.99. The highest BCUT2D eigenvalue weighted by Gasteiger charge is 2.19. The number of fused-ring (bicyclic) bond motifs is 3. The normalized spacial score (nSPS) is 11.0. The van der Waals surface area contributed by atoms with Crippen molar-refractivity contribution in [1.82, 2.24) is 4.98 Å². The molecule has 0 fully saturated rings. The van der Waals surface area contributed by atoms with Gasteiger partial charge in [-0.25, -0.2) is 0 Å². The topological polar surface area (TPSA) is 49.8 Å². The molecular weight excluding hydrogens is 404 g/mol. The third kappa shape index (κ3) is 3.17. The largest absolute Gasteiger partial charge is 0.455 e. The molecule has 0 spiro atoms. The van der Waals surface area contributed by atoms with Crippen LogP contribution in [0.4, 0.5) is 0 Å². The SMILES string of the molecule is N#Cc1ccc2c(oc3c(-c4ccccn4)cccc32)c1-c1cccc(-c2ccccc2)c1. The zero-order chi connectivity index (χ0) is 22.2. The van der Waals surface area contributed by atoms with Gasteiger partial charge in [-0.05, 0) is 53.1 Å². The second-order valence-electron chi connectivity index (χ2n) is 7.92. The first-order chi connectivity index (χ1) is 16.3. The smallest absolute Gasteiger partial charge is 0.144 e. The molecular formula is C30H18N2O. The van der Waals surface area contributed by atoms with Crippen LogP contribution in [0.3, 0.4) is 0 Å². The predicted octanol–water partition coefficient (Wildman–Crippen LogP) is 7.85. The first-order valence-corrected chi connectivity index (χ1v) is 10.8. The Morgan fingerprint density at radius 2 is 1.39 bits per heavy atom. The molecule has 6 rings (SSSR count). The van der Waals surface area contributed by atoms with Crippen molar-refractivity contribution in [2.45, 2.75) is 0 Å². The number of furan rings is 1. The Labute approximate surface area is 191 Å². The summed E-state index contributed by atoms with van der Waals surface area (Å²) in [6.45, 7) is 0. The zero-order valence-electron chi connectivity index (χ0n) is 17.7. The molecule has 0 aliphatic carbocycles. The maximum absolute atomic E-state index is 9.93. The maximum Gasteiger partial charge on any atom is 0.144 e. The summed E-state index contributed by atoms with van der Waals surface area (Å²) < 4.78 is 6.52. The van der Waals surface area contributed by atoms with Crippen LogP contribution < -0.4 is 0 Å². The summed E-state index contributed by atoms with van der Waals surface area (Å²) >= 11 is 0. The molecule has 2 aromatic heterocycles. The van der Waals surface area contributed by atoms with Crippen LogP contribution in [-0.2, 0) is 0 Å². The molecule has 6 aromatic rings. The highest BCUT2D eigenvalue weighted by atomic mass is 16.3. The van der Waals surface area contributed by atoms with Crippen molar-refractivity contribution in [3.63, 3.8) is 0 Å². The number of hydrogen-bond acceptors (Lipinski definition) is 3. The predicted molar refractivity (Wildman–Crippen MR) is 133 cm³/mol. The molecule has 0 bridgehead atoms. The standard InChI is InChI=1S/C30H18N2O/c31-19-23-15-16-25-24-12-7-13-26(27-14-4-5-17-32-27)29(24)33-30(25)28(23)22-11-6-10-21(18-22)20-8-2-1-3-9-20/h1-18H. The second-order valence-corrected chi connectivity index (χ2v) is 7.92.